The lowest BCUT2D eigenvalue weighted by molar-refractivity contribution is -0.143. The second kappa shape index (κ2) is 5.22. The van der Waals surface area contributed by atoms with E-state index in [1.165, 1.54) is 0 Å². The molecule has 2 heterocycles. The first-order valence-electron chi connectivity index (χ1n) is 5.55. The van der Waals surface area contributed by atoms with Crippen LogP contribution in [0.1, 0.15) is 13.8 Å². The van der Waals surface area contributed by atoms with Gasteiger partial charge in [0.25, 0.3) is 0 Å². The maximum atomic E-state index is 11.4. The number of carbonyl (C=O) groups excluding carboxylic acids is 1. The number of fused-ring (bicyclic) bond motifs is 1. The molecule has 18 heavy (non-hydrogen) atoms. The fourth-order valence-electron chi connectivity index (χ4n) is 1.44. The number of rotatable bonds is 4. The summed E-state index contributed by atoms with van der Waals surface area (Å²) in [6, 6.07) is 2.97. The zero-order chi connectivity index (χ0) is 13.1. The van der Waals surface area contributed by atoms with Crippen molar-refractivity contribution in [3.05, 3.63) is 23.4 Å². The largest absolute Gasteiger partial charge is 0.464 e. The third-order valence-corrected chi connectivity index (χ3v) is 2.50. The average Bonchev–Trinajstić information content (AvgIpc) is 2.70. The van der Waals surface area contributed by atoms with E-state index in [1.807, 2.05) is 0 Å². The highest BCUT2D eigenvalue weighted by atomic mass is 35.5. The smallest absolute Gasteiger partial charge is 0.328 e. The summed E-state index contributed by atoms with van der Waals surface area (Å²) in [6.07, 6.45) is 1.64. The topological polar surface area (TPSA) is 68.5 Å². The Hall–Kier alpha value is -1.82. The lowest BCUT2D eigenvalue weighted by atomic mass is 10.3. The Morgan fingerprint density at radius 1 is 1.61 bits per heavy atom. The van der Waals surface area contributed by atoms with Gasteiger partial charge in [0.1, 0.15) is 6.04 Å². The van der Waals surface area contributed by atoms with Crippen LogP contribution in [0, 0.1) is 0 Å². The Balaban J connectivity index is 2.14. The molecule has 0 aromatic carbocycles. The third-order valence-electron chi connectivity index (χ3n) is 2.28. The number of carbonyl (C=O) groups is 1. The van der Waals surface area contributed by atoms with Crippen LogP contribution >= 0.6 is 11.6 Å². The average molecular weight is 269 g/mol. The number of nitrogens with zero attached hydrogens (tertiary/aromatic N) is 3. The van der Waals surface area contributed by atoms with Gasteiger partial charge < -0.3 is 10.1 Å². The first-order valence-corrected chi connectivity index (χ1v) is 5.93. The van der Waals surface area contributed by atoms with Crippen molar-refractivity contribution in [2.24, 2.45) is 0 Å². The molecule has 0 saturated heterocycles. The van der Waals surface area contributed by atoms with Crippen LogP contribution in [0.15, 0.2) is 18.3 Å². The Morgan fingerprint density at radius 3 is 3.11 bits per heavy atom. The lowest BCUT2D eigenvalue weighted by Gasteiger charge is -2.10. The van der Waals surface area contributed by atoms with Crippen LogP contribution in [0.5, 0.6) is 0 Å². The Kier molecular flexibility index (Phi) is 3.66. The maximum absolute atomic E-state index is 11.4. The molecule has 1 N–H and O–H groups in total. The van der Waals surface area contributed by atoms with E-state index >= 15 is 0 Å². The molecular formula is C11H13ClN4O2. The number of aromatic nitrogens is 3. The van der Waals surface area contributed by atoms with Gasteiger partial charge in [-0.05, 0) is 26.0 Å². The van der Waals surface area contributed by atoms with Gasteiger partial charge in [-0.25, -0.2) is 9.31 Å². The fraction of sp³-hybridized carbons (Fsp3) is 0.364. The van der Waals surface area contributed by atoms with Crippen molar-refractivity contribution >= 4 is 29.2 Å². The van der Waals surface area contributed by atoms with Crippen molar-refractivity contribution in [1.29, 1.82) is 0 Å². The first-order chi connectivity index (χ1) is 8.60. The molecule has 0 saturated carbocycles. The van der Waals surface area contributed by atoms with E-state index in [2.05, 4.69) is 15.4 Å². The number of hydrogen-bond donors (Lipinski definition) is 1. The molecule has 7 heteroatoms. The highest BCUT2D eigenvalue weighted by molar-refractivity contribution is 6.30. The van der Waals surface area contributed by atoms with E-state index in [0.29, 0.717) is 23.2 Å². The van der Waals surface area contributed by atoms with E-state index < -0.39 is 6.04 Å². The van der Waals surface area contributed by atoms with Crippen LogP contribution in [0.4, 0.5) is 5.95 Å². The zero-order valence-corrected chi connectivity index (χ0v) is 10.8. The second-order valence-electron chi connectivity index (χ2n) is 3.70. The molecule has 2 aromatic heterocycles. The van der Waals surface area contributed by atoms with Crippen molar-refractivity contribution in [3.63, 3.8) is 0 Å². The van der Waals surface area contributed by atoms with Crippen molar-refractivity contribution in [2.45, 2.75) is 19.9 Å². The molecule has 2 aromatic rings. The Morgan fingerprint density at radius 2 is 2.39 bits per heavy atom. The van der Waals surface area contributed by atoms with E-state index in [1.54, 1.807) is 36.7 Å². The number of nitrogens with one attached hydrogen (secondary N) is 1. The van der Waals surface area contributed by atoms with Crippen molar-refractivity contribution < 1.29 is 9.53 Å². The summed E-state index contributed by atoms with van der Waals surface area (Å²) < 4.78 is 6.43. The number of pyridine rings is 1. The number of ether oxygens (including phenoxy) is 1. The van der Waals surface area contributed by atoms with Crippen molar-refractivity contribution in [2.75, 3.05) is 11.9 Å². The molecule has 6 nitrogen and oxygen atoms in total. The highest BCUT2D eigenvalue weighted by Crippen LogP contribution is 2.12. The summed E-state index contributed by atoms with van der Waals surface area (Å²) >= 11 is 5.84. The number of anilines is 1. The second-order valence-corrected chi connectivity index (χ2v) is 4.14. The number of halogens is 1. The van der Waals surface area contributed by atoms with Gasteiger partial charge >= 0.3 is 5.97 Å². The quantitative estimate of drug-likeness (QED) is 0.856. The molecular weight excluding hydrogens is 256 g/mol. The van der Waals surface area contributed by atoms with Crippen molar-refractivity contribution in [1.82, 2.24) is 14.6 Å². The van der Waals surface area contributed by atoms with Gasteiger partial charge in [-0.3, -0.25) is 0 Å². The molecule has 96 valence electrons. The van der Waals surface area contributed by atoms with Crippen molar-refractivity contribution in [3.8, 4) is 0 Å². The van der Waals surface area contributed by atoms with E-state index in [9.17, 15) is 4.79 Å². The van der Waals surface area contributed by atoms with E-state index in [4.69, 9.17) is 16.3 Å². The van der Waals surface area contributed by atoms with Crippen LogP contribution < -0.4 is 5.32 Å². The molecule has 0 bridgehead atoms. The SMILES string of the molecule is CCOC(=O)C(C)Nc1nc2ccc(Cl)cn2n1. The van der Waals surface area contributed by atoms with Crippen LogP contribution in [-0.2, 0) is 9.53 Å². The lowest BCUT2D eigenvalue weighted by Crippen LogP contribution is -2.28. The minimum Gasteiger partial charge on any atom is -0.464 e. The fourth-order valence-corrected chi connectivity index (χ4v) is 1.59. The zero-order valence-electron chi connectivity index (χ0n) is 10.1. The third kappa shape index (κ3) is 2.70. The molecule has 0 radical (unpaired) electrons. The van der Waals surface area contributed by atoms with Gasteiger partial charge in [-0.15, -0.1) is 5.10 Å². The van der Waals surface area contributed by atoms with Gasteiger partial charge in [0.15, 0.2) is 5.65 Å². The summed E-state index contributed by atoms with van der Waals surface area (Å²) in [6.45, 7) is 3.80. The molecule has 0 fully saturated rings. The number of esters is 1. The van der Waals surface area contributed by atoms with Crippen LogP contribution in [0.25, 0.3) is 5.65 Å². The summed E-state index contributed by atoms with van der Waals surface area (Å²) in [5.41, 5.74) is 0.651. The standard InChI is InChI=1S/C11H13ClN4O2/c1-3-18-10(17)7(2)13-11-14-9-5-4-8(12)6-16(9)15-11/h4-7H,3H2,1-2H3,(H,13,15). The summed E-state index contributed by atoms with van der Waals surface area (Å²) in [7, 11) is 0. The molecule has 1 unspecified atom stereocenters. The summed E-state index contributed by atoms with van der Waals surface area (Å²) in [4.78, 5) is 15.7. The predicted octanol–water partition coefficient (Wildman–Crippen LogP) is 1.75. The molecule has 1 atom stereocenters. The monoisotopic (exact) mass is 268 g/mol. The minimum atomic E-state index is -0.502. The predicted molar refractivity (Wildman–Crippen MR) is 67.7 cm³/mol. The molecule has 0 aliphatic carbocycles. The molecule has 0 aliphatic heterocycles. The Labute approximate surface area is 109 Å². The number of hydrogen-bond acceptors (Lipinski definition) is 5. The van der Waals surface area contributed by atoms with E-state index in [-0.39, 0.29) is 5.97 Å². The van der Waals surface area contributed by atoms with E-state index in [0.717, 1.165) is 0 Å². The Bertz CT molecular complexity index is 569. The molecule has 0 aliphatic rings. The molecule has 0 spiro atoms. The maximum Gasteiger partial charge on any atom is 0.328 e. The first kappa shape index (κ1) is 12.6. The van der Waals surface area contributed by atoms with Gasteiger partial charge in [-0.1, -0.05) is 11.6 Å². The van der Waals surface area contributed by atoms with Gasteiger partial charge in [0.05, 0.1) is 11.6 Å². The molecule has 2 rings (SSSR count). The van der Waals surface area contributed by atoms with Gasteiger partial charge in [-0.2, -0.15) is 4.98 Å². The summed E-state index contributed by atoms with van der Waals surface area (Å²) in [5, 5.41) is 7.60. The summed E-state index contributed by atoms with van der Waals surface area (Å²) in [5.74, 6) is 0.0206. The normalized spacial score (nSPS) is 12.4. The molecule has 0 amide bonds. The van der Waals surface area contributed by atoms with Gasteiger partial charge in [0.2, 0.25) is 5.95 Å². The van der Waals surface area contributed by atoms with Crippen LogP contribution in [0.3, 0.4) is 0 Å². The van der Waals surface area contributed by atoms with Crippen LogP contribution in [0.2, 0.25) is 5.02 Å². The van der Waals surface area contributed by atoms with Crippen LogP contribution in [-0.4, -0.2) is 33.2 Å². The minimum absolute atomic E-state index is 0.339. The highest BCUT2D eigenvalue weighted by Gasteiger charge is 2.15. The van der Waals surface area contributed by atoms with Gasteiger partial charge in [0, 0.05) is 6.20 Å².